The summed E-state index contributed by atoms with van der Waals surface area (Å²) in [6.07, 6.45) is -8.46. The molecule has 0 N–H and O–H groups in total. The van der Waals surface area contributed by atoms with Gasteiger partial charge in [-0.3, -0.25) is 0 Å². The van der Waals surface area contributed by atoms with Crippen LogP contribution in [-0.4, -0.2) is 53.4 Å². The smallest absolute Gasteiger partial charge is 0.356 e. The zero-order valence-corrected chi connectivity index (χ0v) is 25.0. The second-order valence-electron chi connectivity index (χ2n) is 8.71. The van der Waals surface area contributed by atoms with Crippen LogP contribution in [0.15, 0.2) is 129 Å². The van der Waals surface area contributed by atoms with Crippen LogP contribution >= 0.6 is 0 Å². The molecule has 4 aromatic carbocycles. The van der Waals surface area contributed by atoms with Gasteiger partial charge in [0, 0.05) is 0 Å². The topological polar surface area (TPSA) is 217 Å². The summed E-state index contributed by atoms with van der Waals surface area (Å²) in [6.45, 7) is 0. The van der Waals surface area contributed by atoms with Crippen molar-refractivity contribution >= 4 is 56.2 Å². The number of hydrogen-bond acceptors (Lipinski definition) is 15. The van der Waals surface area contributed by atoms with E-state index < -0.39 is 77.2 Å². The first-order valence-electron chi connectivity index (χ1n) is 12.7. The zero-order chi connectivity index (χ0) is 34.2. The molecule has 0 saturated carbocycles. The first kappa shape index (κ1) is 33.7. The number of rotatable bonds is 6. The van der Waals surface area contributed by atoms with E-state index in [2.05, 4.69) is 23.7 Å². The van der Waals surface area contributed by atoms with E-state index in [4.69, 9.17) is 0 Å². The average Bonchev–Trinajstić information content (AvgIpc) is 3.05. The van der Waals surface area contributed by atoms with Gasteiger partial charge < -0.3 is 23.7 Å². The molecule has 0 saturated heterocycles. The highest BCUT2D eigenvalue weighted by Crippen LogP contribution is 2.26. The molecule has 0 bridgehead atoms. The minimum atomic E-state index is -4.25. The predicted molar refractivity (Wildman–Crippen MR) is 152 cm³/mol. The Morgan fingerprint density at radius 1 is 0.362 bits per heavy atom. The van der Waals surface area contributed by atoms with Gasteiger partial charge in [-0.2, -0.15) is 0 Å². The maximum absolute atomic E-state index is 13.0. The Morgan fingerprint density at radius 2 is 0.638 bits per heavy atom. The summed E-state index contributed by atoms with van der Waals surface area (Å²) in [5, 5.41) is 0. The van der Waals surface area contributed by atoms with Crippen LogP contribution in [0, 0.1) is 0 Å². The molecule has 15 nitrogen and oxygen atoms in total. The summed E-state index contributed by atoms with van der Waals surface area (Å²) < 4.78 is 72.3. The number of benzene rings is 4. The van der Waals surface area contributed by atoms with E-state index in [1.807, 2.05) is 0 Å². The molecule has 0 fully saturated rings. The number of sulfone groups is 2. The molecule has 4 rings (SSSR count). The fraction of sp³-hybridized carbons (Fsp3) is 0. The third-order valence-electron chi connectivity index (χ3n) is 5.75. The molecule has 0 radical (unpaired) electrons. The van der Waals surface area contributed by atoms with Gasteiger partial charge in [0.1, 0.15) is 0 Å². The van der Waals surface area contributed by atoms with Crippen molar-refractivity contribution in [2.24, 2.45) is 0 Å². The Labute approximate surface area is 265 Å². The molecule has 0 aliphatic rings. The Kier molecular flexibility index (Phi) is 10.2. The van der Waals surface area contributed by atoms with Gasteiger partial charge in [-0.1, -0.05) is 60.7 Å². The zero-order valence-electron chi connectivity index (χ0n) is 23.3. The van der Waals surface area contributed by atoms with E-state index in [0.29, 0.717) is 0 Å². The molecule has 0 amide bonds. The molecule has 0 spiro atoms. The summed E-state index contributed by atoms with van der Waals surface area (Å²) in [5.41, 5.74) is -1.21. The lowest BCUT2D eigenvalue weighted by Gasteiger charge is -2.10. The SMILES string of the molecule is O=C(OC(=O)OC(=O)OC(=O)c1ccccc1S(=O)(=O)c1ccccc1)OC(=O)OC(=O)c1ccccc1S(=O)(=O)c1ccccc1. The highest BCUT2D eigenvalue weighted by Gasteiger charge is 2.30. The molecule has 0 aliphatic heterocycles. The van der Waals surface area contributed by atoms with Gasteiger partial charge in [-0.15, -0.1) is 0 Å². The van der Waals surface area contributed by atoms with Crippen molar-refractivity contribution in [3.63, 3.8) is 0 Å². The van der Waals surface area contributed by atoms with E-state index in [1.165, 1.54) is 72.8 Å². The lowest BCUT2D eigenvalue weighted by atomic mass is 10.2. The highest BCUT2D eigenvalue weighted by molar-refractivity contribution is 7.92. The fourth-order valence-corrected chi connectivity index (χ4v) is 6.68. The van der Waals surface area contributed by atoms with E-state index in [1.54, 1.807) is 12.1 Å². The largest absolute Gasteiger partial charge is 0.528 e. The van der Waals surface area contributed by atoms with Crippen molar-refractivity contribution in [1.82, 2.24) is 0 Å². The van der Waals surface area contributed by atoms with E-state index in [9.17, 15) is 45.6 Å². The number of ether oxygens (including phenoxy) is 5. The molecule has 17 heteroatoms. The number of carbonyl (C=O) groups excluding carboxylic acids is 6. The van der Waals surface area contributed by atoms with Gasteiger partial charge >= 0.3 is 36.6 Å². The van der Waals surface area contributed by atoms with Gasteiger partial charge in [-0.25, -0.2) is 45.6 Å². The third-order valence-corrected chi connectivity index (χ3v) is 9.41. The Morgan fingerprint density at radius 3 is 0.979 bits per heavy atom. The first-order valence-corrected chi connectivity index (χ1v) is 15.7. The van der Waals surface area contributed by atoms with Gasteiger partial charge in [0.15, 0.2) is 0 Å². The minimum Gasteiger partial charge on any atom is -0.356 e. The summed E-state index contributed by atoms with van der Waals surface area (Å²) in [7, 11) is -8.51. The second kappa shape index (κ2) is 14.3. The van der Waals surface area contributed by atoms with Crippen molar-refractivity contribution in [3.8, 4) is 0 Å². The van der Waals surface area contributed by atoms with Gasteiger partial charge in [-0.05, 0) is 48.5 Å². The quantitative estimate of drug-likeness (QED) is 0.150. The number of esters is 2. The summed E-state index contributed by atoms with van der Waals surface area (Å²) in [6, 6.07) is 23.3. The molecule has 0 aromatic heterocycles. The van der Waals surface area contributed by atoms with Crippen LogP contribution in [0.1, 0.15) is 20.7 Å². The number of carbonyl (C=O) groups is 6. The Bertz CT molecular complexity index is 1940. The molecule has 0 unspecified atom stereocenters. The molecule has 0 heterocycles. The molecular formula is C30H18O15S2. The summed E-state index contributed by atoms with van der Waals surface area (Å²) in [5.74, 6) is -3.12. The maximum atomic E-state index is 13.0. The standard InChI is InChI=1S/C30H18O15S2/c31-25(21-15-7-9-17-23(21)46(37,38)19-11-3-1-4-12-19)41-27(33)43-29(35)45-30(36)44-28(34)42-26(32)22-16-8-10-18-24(22)47(39,40)20-13-5-2-6-14-20/h1-18H. The van der Waals surface area contributed by atoms with Crippen molar-refractivity contribution in [1.29, 1.82) is 0 Å². The Balaban J connectivity index is 1.33. The lowest BCUT2D eigenvalue weighted by Crippen LogP contribution is -2.24. The van der Waals surface area contributed by atoms with Crippen LogP contribution in [0.2, 0.25) is 0 Å². The van der Waals surface area contributed by atoms with Crippen LogP contribution in [0.25, 0.3) is 0 Å². The van der Waals surface area contributed by atoms with E-state index >= 15 is 0 Å². The normalized spacial score (nSPS) is 11.0. The first-order chi connectivity index (χ1) is 22.3. The van der Waals surface area contributed by atoms with Crippen molar-refractivity contribution in [2.45, 2.75) is 19.6 Å². The summed E-state index contributed by atoms with van der Waals surface area (Å²) >= 11 is 0. The monoisotopic (exact) mass is 682 g/mol. The number of hydrogen-bond donors (Lipinski definition) is 0. The van der Waals surface area contributed by atoms with Crippen molar-refractivity contribution in [2.75, 3.05) is 0 Å². The Hall–Kier alpha value is -6.20. The molecule has 47 heavy (non-hydrogen) atoms. The van der Waals surface area contributed by atoms with Crippen LogP contribution < -0.4 is 0 Å². The van der Waals surface area contributed by atoms with Crippen molar-refractivity contribution < 1.29 is 69.3 Å². The fourth-order valence-electron chi connectivity index (χ4n) is 3.74. The minimum absolute atomic E-state index is 0.174. The highest BCUT2D eigenvalue weighted by atomic mass is 32.2. The van der Waals surface area contributed by atoms with Crippen LogP contribution in [0.3, 0.4) is 0 Å². The van der Waals surface area contributed by atoms with Crippen LogP contribution in [0.4, 0.5) is 19.2 Å². The molecule has 240 valence electrons. The molecular weight excluding hydrogens is 664 g/mol. The third kappa shape index (κ3) is 8.10. The van der Waals surface area contributed by atoms with Crippen LogP contribution in [-0.2, 0) is 43.4 Å². The average molecular weight is 683 g/mol. The summed E-state index contributed by atoms with van der Waals surface area (Å²) in [4.78, 5) is 71.0. The lowest BCUT2D eigenvalue weighted by molar-refractivity contribution is 0.0240. The predicted octanol–water partition coefficient (Wildman–Crippen LogP) is 4.90. The van der Waals surface area contributed by atoms with Crippen LogP contribution in [0.5, 0.6) is 0 Å². The molecule has 4 aromatic rings. The van der Waals surface area contributed by atoms with Gasteiger partial charge in [0.05, 0.1) is 30.7 Å². The van der Waals surface area contributed by atoms with Crippen molar-refractivity contribution in [3.05, 3.63) is 120 Å². The second-order valence-corrected chi connectivity index (χ2v) is 12.5. The molecule has 0 aliphatic carbocycles. The van der Waals surface area contributed by atoms with E-state index in [0.717, 1.165) is 24.3 Å². The molecule has 0 atom stereocenters. The maximum Gasteiger partial charge on any atom is 0.528 e. The van der Waals surface area contributed by atoms with E-state index in [-0.39, 0.29) is 9.79 Å². The van der Waals surface area contributed by atoms with Gasteiger partial charge in [0.25, 0.3) is 0 Å². The van der Waals surface area contributed by atoms with Gasteiger partial charge in [0.2, 0.25) is 19.7 Å².